The number of fused-ring (bicyclic) bond motifs is 1. The average molecular weight is 404 g/mol. The molecule has 0 radical (unpaired) electrons. The van der Waals surface area contributed by atoms with Crippen molar-refractivity contribution in [2.24, 2.45) is 11.3 Å². The van der Waals surface area contributed by atoms with Crippen LogP contribution < -0.4 is 5.32 Å². The second kappa shape index (κ2) is 6.04. The molecule has 30 heavy (non-hydrogen) atoms. The lowest BCUT2D eigenvalue weighted by atomic mass is 9.80. The van der Waals surface area contributed by atoms with Gasteiger partial charge in [0.05, 0.1) is 22.7 Å². The van der Waals surface area contributed by atoms with Gasteiger partial charge >= 0.3 is 0 Å². The molecule has 1 saturated heterocycles. The molecule has 1 aromatic carbocycles. The summed E-state index contributed by atoms with van der Waals surface area (Å²) in [4.78, 5) is 17.5. The van der Waals surface area contributed by atoms with Gasteiger partial charge in [-0.2, -0.15) is 5.26 Å². The highest BCUT2D eigenvalue weighted by molar-refractivity contribution is 5.94. The molecule has 156 valence electrons. The Hall–Kier alpha value is -2.45. The van der Waals surface area contributed by atoms with E-state index in [1.165, 1.54) is 0 Å². The molecule has 3 fully saturated rings. The fourth-order valence-electron chi connectivity index (χ4n) is 5.83. The SMILES string of the molecule is CC1(C)CC(C(=O)Nc2cc3cc([C@@]4(C#N)CC45CC5)ccc3cn2)CC(C)(C)O1. The number of carbonyl (C=O) groups is 1. The van der Waals surface area contributed by atoms with Crippen molar-refractivity contribution in [2.45, 2.75) is 76.4 Å². The van der Waals surface area contributed by atoms with Crippen LogP contribution in [0.3, 0.4) is 0 Å². The van der Waals surface area contributed by atoms with Gasteiger partial charge in [-0.3, -0.25) is 4.79 Å². The van der Waals surface area contributed by atoms with Crippen molar-refractivity contribution in [3.63, 3.8) is 0 Å². The van der Waals surface area contributed by atoms with Crippen LogP contribution in [0.1, 0.15) is 65.4 Å². The number of hydrogen-bond donors (Lipinski definition) is 1. The summed E-state index contributed by atoms with van der Waals surface area (Å²) in [5, 5.41) is 14.9. The second-order valence-corrected chi connectivity index (χ2v) is 10.8. The third-order valence-corrected chi connectivity index (χ3v) is 7.29. The highest BCUT2D eigenvalue weighted by atomic mass is 16.5. The van der Waals surface area contributed by atoms with Crippen LogP contribution in [-0.4, -0.2) is 22.1 Å². The van der Waals surface area contributed by atoms with Gasteiger partial charge in [0.15, 0.2) is 0 Å². The Morgan fingerprint density at radius 2 is 1.83 bits per heavy atom. The van der Waals surface area contributed by atoms with E-state index in [4.69, 9.17) is 4.74 Å². The summed E-state index contributed by atoms with van der Waals surface area (Å²) in [6.07, 6.45) is 6.47. The van der Waals surface area contributed by atoms with Crippen molar-refractivity contribution < 1.29 is 9.53 Å². The number of nitrogens with zero attached hydrogens (tertiary/aromatic N) is 2. The Morgan fingerprint density at radius 3 is 2.43 bits per heavy atom. The predicted octanol–water partition coefficient (Wildman–Crippen LogP) is 5.10. The highest BCUT2D eigenvalue weighted by Crippen LogP contribution is 2.78. The lowest BCUT2D eigenvalue weighted by Crippen LogP contribution is -2.48. The molecule has 0 bridgehead atoms. The minimum Gasteiger partial charge on any atom is -0.370 e. The van der Waals surface area contributed by atoms with Gasteiger partial charge in [-0.15, -0.1) is 0 Å². The zero-order valence-corrected chi connectivity index (χ0v) is 18.2. The van der Waals surface area contributed by atoms with Crippen molar-refractivity contribution in [1.29, 1.82) is 5.26 Å². The van der Waals surface area contributed by atoms with Gasteiger partial charge in [-0.05, 0) is 88.3 Å². The van der Waals surface area contributed by atoms with Gasteiger partial charge in [-0.1, -0.05) is 12.1 Å². The standard InChI is InChI=1S/C25H29N3O2/c1-22(2)11-18(12-23(3,4)30-22)21(29)28-20-10-17-9-19(6-5-16(17)13-27-20)25(15-26)14-24(25)7-8-24/h5-6,9-10,13,18H,7-8,11-12,14H2,1-4H3,(H,27,28,29)/t25-/m0/s1. The van der Waals surface area contributed by atoms with E-state index >= 15 is 0 Å². The molecule has 1 spiro atoms. The summed E-state index contributed by atoms with van der Waals surface area (Å²) in [7, 11) is 0. The number of aromatic nitrogens is 1. The lowest BCUT2D eigenvalue weighted by molar-refractivity contribution is -0.176. The lowest BCUT2D eigenvalue weighted by Gasteiger charge is -2.44. The summed E-state index contributed by atoms with van der Waals surface area (Å²) in [6, 6.07) is 10.8. The number of nitrogens with one attached hydrogen (secondary N) is 1. The minimum absolute atomic E-state index is 0.00456. The Kier molecular flexibility index (Phi) is 3.93. The van der Waals surface area contributed by atoms with Crippen LogP contribution in [0.2, 0.25) is 0 Å². The summed E-state index contributed by atoms with van der Waals surface area (Å²) >= 11 is 0. The third-order valence-electron chi connectivity index (χ3n) is 7.29. The van der Waals surface area contributed by atoms with Gasteiger partial charge < -0.3 is 10.1 Å². The van der Waals surface area contributed by atoms with Crippen molar-refractivity contribution in [1.82, 2.24) is 4.98 Å². The molecule has 5 heteroatoms. The smallest absolute Gasteiger partial charge is 0.228 e. The topological polar surface area (TPSA) is 75.0 Å². The fourth-order valence-corrected chi connectivity index (χ4v) is 5.83. The van der Waals surface area contributed by atoms with Crippen LogP contribution in [0.25, 0.3) is 10.8 Å². The van der Waals surface area contributed by atoms with Crippen LogP contribution in [0.15, 0.2) is 30.5 Å². The van der Waals surface area contributed by atoms with Gasteiger partial charge in [0.25, 0.3) is 0 Å². The third kappa shape index (κ3) is 3.09. The molecule has 1 aliphatic heterocycles. The van der Waals surface area contributed by atoms with Crippen LogP contribution in [-0.2, 0) is 14.9 Å². The summed E-state index contributed by atoms with van der Waals surface area (Å²) < 4.78 is 6.11. The molecule has 1 amide bonds. The van der Waals surface area contributed by atoms with Crippen molar-refractivity contribution in [2.75, 3.05) is 5.32 Å². The van der Waals surface area contributed by atoms with E-state index in [0.29, 0.717) is 18.7 Å². The maximum absolute atomic E-state index is 13.0. The molecule has 1 aromatic heterocycles. The van der Waals surface area contributed by atoms with Crippen molar-refractivity contribution >= 4 is 22.5 Å². The van der Waals surface area contributed by atoms with E-state index < -0.39 is 0 Å². The van der Waals surface area contributed by atoms with Crippen LogP contribution >= 0.6 is 0 Å². The molecule has 1 atom stereocenters. The number of ether oxygens (including phenoxy) is 1. The van der Waals surface area contributed by atoms with Gasteiger partial charge in [0.2, 0.25) is 5.91 Å². The molecule has 2 heterocycles. The van der Waals surface area contributed by atoms with Gasteiger partial charge in [0, 0.05) is 17.5 Å². The Labute approximate surface area is 177 Å². The molecule has 0 unspecified atom stereocenters. The summed E-state index contributed by atoms with van der Waals surface area (Å²) in [5.74, 6) is 0.445. The Bertz CT molecular complexity index is 1080. The van der Waals surface area contributed by atoms with E-state index in [0.717, 1.165) is 35.6 Å². The molecule has 5 rings (SSSR count). The largest absolute Gasteiger partial charge is 0.370 e. The number of anilines is 1. The first kappa shape index (κ1) is 19.5. The number of carbonyl (C=O) groups excluding carboxylic acids is 1. The number of nitriles is 1. The van der Waals surface area contributed by atoms with Crippen LogP contribution in [0, 0.1) is 22.7 Å². The Balaban J connectivity index is 1.39. The molecule has 1 N–H and O–H groups in total. The molecule has 5 nitrogen and oxygen atoms in total. The summed E-state index contributed by atoms with van der Waals surface area (Å²) in [5.41, 5.74) is 0.371. The number of rotatable bonds is 3. The fraction of sp³-hybridized carbons (Fsp3) is 0.560. The monoisotopic (exact) mass is 403 g/mol. The number of benzene rings is 1. The Morgan fingerprint density at radius 1 is 1.13 bits per heavy atom. The first-order chi connectivity index (χ1) is 14.1. The van der Waals surface area contributed by atoms with E-state index in [1.54, 1.807) is 6.20 Å². The quantitative estimate of drug-likeness (QED) is 0.773. The van der Waals surface area contributed by atoms with E-state index in [1.807, 2.05) is 39.8 Å². The molecule has 2 saturated carbocycles. The molecule has 3 aliphatic rings. The van der Waals surface area contributed by atoms with Gasteiger partial charge in [-0.25, -0.2) is 4.98 Å². The minimum atomic E-state index is -0.329. The molecule has 2 aromatic rings. The molecular weight excluding hydrogens is 374 g/mol. The van der Waals surface area contributed by atoms with E-state index in [9.17, 15) is 10.1 Å². The maximum Gasteiger partial charge on any atom is 0.228 e. The van der Waals surface area contributed by atoms with Crippen LogP contribution in [0.4, 0.5) is 5.82 Å². The summed E-state index contributed by atoms with van der Waals surface area (Å²) in [6.45, 7) is 8.16. The predicted molar refractivity (Wildman–Crippen MR) is 116 cm³/mol. The maximum atomic E-state index is 13.0. The molecular formula is C25H29N3O2. The van der Waals surface area contributed by atoms with Crippen molar-refractivity contribution in [3.05, 3.63) is 36.0 Å². The first-order valence-corrected chi connectivity index (χ1v) is 10.9. The van der Waals surface area contributed by atoms with E-state index in [-0.39, 0.29) is 33.9 Å². The van der Waals surface area contributed by atoms with Crippen molar-refractivity contribution in [3.8, 4) is 6.07 Å². The van der Waals surface area contributed by atoms with Gasteiger partial charge in [0.1, 0.15) is 5.82 Å². The van der Waals surface area contributed by atoms with Crippen LogP contribution in [0.5, 0.6) is 0 Å². The first-order valence-electron chi connectivity index (χ1n) is 10.9. The second-order valence-electron chi connectivity index (χ2n) is 10.8. The number of amides is 1. The number of hydrogen-bond acceptors (Lipinski definition) is 4. The molecule has 2 aliphatic carbocycles. The number of pyridine rings is 1. The average Bonchev–Trinajstić information content (AvgIpc) is 3.57. The normalized spacial score (nSPS) is 28.1. The zero-order valence-electron chi connectivity index (χ0n) is 18.2. The zero-order chi connectivity index (χ0) is 21.4. The van der Waals surface area contributed by atoms with E-state index in [2.05, 4.69) is 28.5 Å². The highest BCUT2D eigenvalue weighted by Gasteiger charge is 2.75.